The van der Waals surface area contributed by atoms with E-state index in [4.69, 9.17) is 9.97 Å². The summed E-state index contributed by atoms with van der Waals surface area (Å²) < 4.78 is 0. The Morgan fingerprint density at radius 3 is 2.68 bits per heavy atom. The van der Waals surface area contributed by atoms with Gasteiger partial charge >= 0.3 is 0 Å². The van der Waals surface area contributed by atoms with E-state index in [2.05, 4.69) is 80.4 Å². The molecule has 0 aromatic carbocycles. The molecule has 4 rings (SSSR count). The number of rotatable bonds is 7. The normalized spacial score (nSPS) is 27.7. The fraction of sp³-hybridized carbons (Fsp3) is 0.643. The van der Waals surface area contributed by atoms with Crippen molar-refractivity contribution in [3.05, 3.63) is 53.5 Å². The summed E-state index contributed by atoms with van der Waals surface area (Å²) in [6, 6.07) is 11.2. The number of aliphatic hydroxyl groups is 1. The smallest absolute Gasteiger partial charge is 0.0960 e. The summed E-state index contributed by atoms with van der Waals surface area (Å²) in [5.74, 6) is 0.888. The highest BCUT2D eigenvalue weighted by atomic mass is 32.2. The highest BCUT2D eigenvalue weighted by molar-refractivity contribution is 7.98. The Balaban J connectivity index is 1.68. The van der Waals surface area contributed by atoms with Gasteiger partial charge in [0.1, 0.15) is 0 Å². The summed E-state index contributed by atoms with van der Waals surface area (Å²) in [7, 11) is 2.25. The molecular weight excluding hydrogens is 440 g/mol. The maximum absolute atomic E-state index is 10.5. The molecular formula is C28H42N4OS. The first kappa shape index (κ1) is 25.6. The lowest BCUT2D eigenvalue weighted by Crippen LogP contribution is -2.50. The first-order chi connectivity index (χ1) is 16.3. The number of aromatic nitrogens is 2. The van der Waals surface area contributed by atoms with Crippen LogP contribution < -0.4 is 0 Å². The molecule has 5 nitrogen and oxygen atoms in total. The van der Waals surface area contributed by atoms with Crippen LogP contribution in [0.2, 0.25) is 0 Å². The molecule has 186 valence electrons. The molecule has 4 atom stereocenters. The summed E-state index contributed by atoms with van der Waals surface area (Å²) in [5, 5.41) is 11.6. The predicted octanol–water partition coefficient (Wildman–Crippen LogP) is 5.12. The zero-order valence-electron chi connectivity index (χ0n) is 21.6. The Hall–Kier alpha value is -1.47. The van der Waals surface area contributed by atoms with Crippen LogP contribution >= 0.6 is 11.8 Å². The second kappa shape index (κ2) is 11.1. The van der Waals surface area contributed by atoms with Crippen molar-refractivity contribution in [3.63, 3.8) is 0 Å². The van der Waals surface area contributed by atoms with Gasteiger partial charge in [-0.3, -0.25) is 9.88 Å². The second-order valence-corrected chi connectivity index (χ2v) is 11.7. The lowest BCUT2D eigenvalue weighted by molar-refractivity contribution is 0.0233. The van der Waals surface area contributed by atoms with Crippen LogP contribution in [0.25, 0.3) is 0 Å². The summed E-state index contributed by atoms with van der Waals surface area (Å²) in [4.78, 5) is 14.9. The molecule has 4 heterocycles. The maximum atomic E-state index is 10.5. The molecule has 0 amide bonds. The van der Waals surface area contributed by atoms with Gasteiger partial charge in [0.25, 0.3) is 0 Å². The molecule has 0 radical (unpaired) electrons. The van der Waals surface area contributed by atoms with Gasteiger partial charge in [0, 0.05) is 42.1 Å². The Kier molecular flexibility index (Phi) is 8.34. The molecule has 2 aliphatic heterocycles. The predicted molar refractivity (Wildman–Crippen MR) is 141 cm³/mol. The van der Waals surface area contributed by atoms with Crippen molar-refractivity contribution in [3.8, 4) is 0 Å². The first-order valence-electron chi connectivity index (χ1n) is 12.9. The van der Waals surface area contributed by atoms with Gasteiger partial charge in [0.15, 0.2) is 0 Å². The molecule has 2 aromatic heterocycles. The largest absolute Gasteiger partial charge is 0.392 e. The molecule has 1 N–H and O–H groups in total. The fourth-order valence-corrected chi connectivity index (χ4v) is 6.21. The quantitative estimate of drug-likeness (QED) is 0.553. The summed E-state index contributed by atoms with van der Waals surface area (Å²) in [6.45, 7) is 10.8. The Labute approximate surface area is 210 Å². The van der Waals surface area contributed by atoms with Crippen LogP contribution in [-0.2, 0) is 5.41 Å². The lowest BCUT2D eigenvalue weighted by Gasteiger charge is -2.48. The average Bonchev–Trinajstić information content (AvgIpc) is 2.84. The van der Waals surface area contributed by atoms with Gasteiger partial charge in [0.2, 0.25) is 0 Å². The Morgan fingerprint density at radius 1 is 1.18 bits per heavy atom. The van der Waals surface area contributed by atoms with E-state index >= 15 is 0 Å². The molecule has 0 bridgehead atoms. The molecule has 0 aliphatic carbocycles. The molecule has 0 saturated carbocycles. The molecule has 2 saturated heterocycles. The fourth-order valence-electron chi connectivity index (χ4n) is 5.80. The topological polar surface area (TPSA) is 52.5 Å². The Bertz CT molecular complexity index is 936. The van der Waals surface area contributed by atoms with Gasteiger partial charge in [-0.05, 0) is 87.7 Å². The second-order valence-electron chi connectivity index (χ2n) is 10.9. The van der Waals surface area contributed by atoms with Gasteiger partial charge in [-0.1, -0.05) is 32.9 Å². The van der Waals surface area contributed by atoms with Crippen molar-refractivity contribution in [2.75, 3.05) is 39.5 Å². The van der Waals surface area contributed by atoms with Crippen LogP contribution in [0.1, 0.15) is 75.4 Å². The lowest BCUT2D eigenvalue weighted by atomic mass is 9.66. The zero-order valence-corrected chi connectivity index (χ0v) is 22.4. The molecule has 3 unspecified atom stereocenters. The minimum atomic E-state index is -0.237. The summed E-state index contributed by atoms with van der Waals surface area (Å²) in [6.07, 6.45) is 8.07. The number of piperidine rings is 2. The maximum Gasteiger partial charge on any atom is 0.0960 e. The average molecular weight is 483 g/mol. The van der Waals surface area contributed by atoms with E-state index < -0.39 is 0 Å². The molecule has 2 aliphatic rings. The van der Waals surface area contributed by atoms with Crippen molar-refractivity contribution in [1.29, 1.82) is 0 Å². The Morgan fingerprint density at radius 2 is 2.00 bits per heavy atom. The monoisotopic (exact) mass is 482 g/mol. The van der Waals surface area contributed by atoms with Gasteiger partial charge in [-0.2, -0.15) is 0 Å². The standard InChI is InChI=1S/C28H42N4OS/c1-20(2)24-12-11-21(17-29-24)25(32-14-7-8-23(33)19-32)16-22-18-31(4)15-13-28(22,3)26-9-6-10-27(30-26)34-5/h6,9-12,17,20,22-23,25,33H,7-8,13-16,18-19H2,1-5H3/t22?,23-,25?,28?/m0/s1. The van der Waals surface area contributed by atoms with E-state index in [1.807, 2.05) is 0 Å². The van der Waals surface area contributed by atoms with Crippen LogP contribution in [0.15, 0.2) is 41.6 Å². The minimum absolute atomic E-state index is 0.0240. The third-order valence-electron chi connectivity index (χ3n) is 8.13. The van der Waals surface area contributed by atoms with Crippen molar-refractivity contribution in [2.45, 2.75) is 75.0 Å². The SMILES string of the molecule is CSc1cccc(C2(C)CCN(C)CC2CC(c2ccc(C(C)C)nc2)N2CCC[C@H](O)C2)n1. The van der Waals surface area contributed by atoms with Crippen LogP contribution in [0.3, 0.4) is 0 Å². The van der Waals surface area contributed by atoms with Crippen LogP contribution in [0.5, 0.6) is 0 Å². The first-order valence-corrected chi connectivity index (χ1v) is 14.1. The minimum Gasteiger partial charge on any atom is -0.392 e. The molecule has 2 aromatic rings. The third-order valence-corrected chi connectivity index (χ3v) is 8.77. The van der Waals surface area contributed by atoms with Crippen molar-refractivity contribution >= 4 is 11.8 Å². The van der Waals surface area contributed by atoms with Gasteiger partial charge in [-0.15, -0.1) is 11.8 Å². The molecule has 0 spiro atoms. The molecule has 2 fully saturated rings. The van der Waals surface area contributed by atoms with Crippen LogP contribution in [0.4, 0.5) is 0 Å². The third kappa shape index (κ3) is 5.67. The number of likely N-dealkylation sites (tertiary alicyclic amines) is 2. The van der Waals surface area contributed by atoms with E-state index in [1.165, 1.54) is 11.3 Å². The van der Waals surface area contributed by atoms with Crippen LogP contribution in [0, 0.1) is 5.92 Å². The van der Waals surface area contributed by atoms with E-state index in [0.717, 1.165) is 62.6 Å². The van der Waals surface area contributed by atoms with Gasteiger partial charge in [-0.25, -0.2) is 4.98 Å². The van der Waals surface area contributed by atoms with Crippen molar-refractivity contribution < 1.29 is 5.11 Å². The highest BCUT2D eigenvalue weighted by Gasteiger charge is 2.43. The van der Waals surface area contributed by atoms with E-state index in [0.29, 0.717) is 11.8 Å². The van der Waals surface area contributed by atoms with Crippen LogP contribution in [-0.4, -0.2) is 70.5 Å². The van der Waals surface area contributed by atoms with Gasteiger partial charge < -0.3 is 10.0 Å². The number of β-amino-alcohol motifs (C(OH)–C–C–N with tert-alkyl or cyclic N) is 1. The molecule has 34 heavy (non-hydrogen) atoms. The summed E-state index contributed by atoms with van der Waals surface area (Å²) >= 11 is 1.72. The number of pyridine rings is 2. The van der Waals surface area contributed by atoms with E-state index in [1.54, 1.807) is 11.8 Å². The van der Waals surface area contributed by atoms with Gasteiger partial charge in [0.05, 0.1) is 11.1 Å². The zero-order chi connectivity index (χ0) is 24.3. The number of aliphatic hydroxyl groups excluding tert-OH is 1. The van der Waals surface area contributed by atoms with Crippen molar-refractivity contribution in [1.82, 2.24) is 19.8 Å². The van der Waals surface area contributed by atoms with E-state index in [9.17, 15) is 5.11 Å². The number of hydrogen-bond donors (Lipinski definition) is 1. The highest BCUT2D eigenvalue weighted by Crippen LogP contribution is 2.44. The van der Waals surface area contributed by atoms with Crippen molar-refractivity contribution in [2.24, 2.45) is 5.92 Å². The molecule has 6 heteroatoms. The number of nitrogens with zero attached hydrogens (tertiary/aromatic N) is 4. The van der Waals surface area contributed by atoms with E-state index in [-0.39, 0.29) is 17.6 Å². The number of hydrogen-bond acceptors (Lipinski definition) is 6. The number of thioether (sulfide) groups is 1. The summed E-state index contributed by atoms with van der Waals surface area (Å²) in [5.41, 5.74) is 3.67.